The van der Waals surface area contributed by atoms with E-state index in [0.717, 1.165) is 14.5 Å². The average molecular weight is 619 g/mol. The highest BCUT2D eigenvalue weighted by Crippen LogP contribution is 2.35. The van der Waals surface area contributed by atoms with Gasteiger partial charge in [0.15, 0.2) is 6.10 Å². The lowest BCUT2D eigenvalue weighted by Gasteiger charge is -2.28. The fourth-order valence-corrected chi connectivity index (χ4v) is 4.34. The minimum Gasteiger partial charge on any atom is -0.508 e. The van der Waals surface area contributed by atoms with Crippen LogP contribution in [0, 0.1) is 3.57 Å². The van der Waals surface area contributed by atoms with E-state index in [1.807, 2.05) is 36.6 Å². The van der Waals surface area contributed by atoms with Crippen molar-refractivity contribution in [3.05, 3.63) is 94.1 Å². The van der Waals surface area contributed by atoms with Gasteiger partial charge in [0.1, 0.15) is 17.6 Å². The van der Waals surface area contributed by atoms with E-state index in [1.54, 1.807) is 48.2 Å². The van der Waals surface area contributed by atoms with E-state index >= 15 is 0 Å². The number of carbonyl (C=O) groups is 2. The minimum atomic E-state index is -1.05. The van der Waals surface area contributed by atoms with Crippen LogP contribution in [0.3, 0.4) is 0 Å². The molecule has 0 bridgehead atoms. The summed E-state index contributed by atoms with van der Waals surface area (Å²) in [5.74, 6) is -0.540. The van der Waals surface area contributed by atoms with Crippen molar-refractivity contribution in [2.75, 3.05) is 11.6 Å². The molecule has 9 heteroatoms. The molecule has 3 aromatic carbocycles. The van der Waals surface area contributed by atoms with Crippen LogP contribution in [0.15, 0.2) is 89.8 Å². The molecule has 7 nitrogen and oxygen atoms in total. The second-order valence-electron chi connectivity index (χ2n) is 7.67. The number of phenolic OH excluding ortho intramolecular Hbond substituents is 1. The van der Waals surface area contributed by atoms with Gasteiger partial charge in [-0.15, -0.1) is 11.8 Å². The maximum Gasteiger partial charge on any atom is 0.412 e. The minimum absolute atomic E-state index is 0.0414. The molecular formula is C27H26INO6S. The largest absolute Gasteiger partial charge is 0.508 e. The number of carboxylic acid groups (broad SMARTS) is 1. The van der Waals surface area contributed by atoms with Crippen molar-refractivity contribution in [1.82, 2.24) is 0 Å². The first kappa shape index (κ1) is 27.4. The van der Waals surface area contributed by atoms with Crippen LogP contribution in [0.4, 0.5) is 10.5 Å². The van der Waals surface area contributed by atoms with Crippen LogP contribution in [0.5, 0.6) is 11.5 Å². The number of allylic oxidation sites excluding steroid dienone is 1. The van der Waals surface area contributed by atoms with Crippen molar-refractivity contribution >= 4 is 52.1 Å². The Morgan fingerprint density at radius 3 is 2.47 bits per heavy atom. The third-order valence-electron chi connectivity index (χ3n) is 5.11. The number of aliphatic carboxylic acids is 1. The van der Waals surface area contributed by atoms with E-state index in [2.05, 4.69) is 27.9 Å². The van der Waals surface area contributed by atoms with Gasteiger partial charge < -0.3 is 19.7 Å². The summed E-state index contributed by atoms with van der Waals surface area (Å²) in [5, 5.41) is 22.3. The number of ether oxygens (including phenoxy) is 2. The quantitative estimate of drug-likeness (QED) is 0.122. The molecule has 3 N–H and O–H groups in total. The summed E-state index contributed by atoms with van der Waals surface area (Å²) in [7, 11) is 0. The molecular weight excluding hydrogens is 593 g/mol. The fraction of sp³-hybridized carbons (Fsp3) is 0.185. The monoisotopic (exact) mass is 619 g/mol. The molecule has 0 heterocycles. The molecule has 0 aromatic heterocycles. The van der Waals surface area contributed by atoms with E-state index in [-0.39, 0.29) is 5.75 Å². The molecule has 188 valence electrons. The number of para-hydroxylation sites is 1. The molecule has 2 atom stereocenters. The number of nitrogens with one attached hydrogen (secondary N) is 1. The molecule has 0 aliphatic rings. The Labute approximate surface area is 227 Å². The van der Waals surface area contributed by atoms with Gasteiger partial charge in [-0.2, -0.15) is 0 Å². The molecule has 3 rings (SSSR count). The van der Waals surface area contributed by atoms with Crippen molar-refractivity contribution in [2.45, 2.75) is 29.9 Å². The van der Waals surface area contributed by atoms with Gasteiger partial charge in [0.2, 0.25) is 0 Å². The van der Waals surface area contributed by atoms with E-state index in [1.165, 1.54) is 12.1 Å². The van der Waals surface area contributed by atoms with Crippen LogP contribution in [0.2, 0.25) is 0 Å². The number of aromatic hydroxyl groups is 1. The number of rotatable bonds is 11. The predicted molar refractivity (Wildman–Crippen MR) is 149 cm³/mol. The summed E-state index contributed by atoms with van der Waals surface area (Å²) in [6.07, 6.45) is 2.80. The Hall–Kier alpha value is -3.18. The molecule has 0 radical (unpaired) electrons. The first-order valence-electron chi connectivity index (χ1n) is 11.1. The highest BCUT2D eigenvalue weighted by atomic mass is 127. The fourth-order valence-electron chi connectivity index (χ4n) is 3.42. The molecule has 0 unspecified atom stereocenters. The van der Waals surface area contributed by atoms with Gasteiger partial charge in [-0.25, -0.2) is 9.59 Å². The first-order chi connectivity index (χ1) is 17.4. The Balaban J connectivity index is 1.91. The van der Waals surface area contributed by atoms with Crippen molar-refractivity contribution in [2.24, 2.45) is 0 Å². The van der Waals surface area contributed by atoms with Crippen LogP contribution in [-0.4, -0.2) is 34.6 Å². The third-order valence-corrected chi connectivity index (χ3v) is 6.53. The van der Waals surface area contributed by atoms with Crippen LogP contribution in [-0.2, 0) is 9.53 Å². The van der Waals surface area contributed by atoms with E-state index in [0.29, 0.717) is 29.8 Å². The Bertz CT molecular complexity index is 1190. The summed E-state index contributed by atoms with van der Waals surface area (Å²) < 4.78 is 12.9. The lowest BCUT2D eigenvalue weighted by Crippen LogP contribution is -2.31. The van der Waals surface area contributed by atoms with E-state index in [4.69, 9.17) is 14.6 Å². The molecule has 0 saturated heterocycles. The SMILES string of the molecule is CSc1ccc(NC(=O)O[C@@H](c2cc(I)ccc2O)[C@H](CC/C=C/C(=O)O)Oc2ccccc2)cc1. The highest BCUT2D eigenvalue weighted by Gasteiger charge is 2.31. The maximum atomic E-state index is 13.0. The Morgan fingerprint density at radius 1 is 1.08 bits per heavy atom. The first-order valence-corrected chi connectivity index (χ1v) is 13.4. The van der Waals surface area contributed by atoms with Gasteiger partial charge in [0.25, 0.3) is 0 Å². The highest BCUT2D eigenvalue weighted by molar-refractivity contribution is 14.1. The lowest BCUT2D eigenvalue weighted by atomic mass is 9.99. The summed E-state index contributed by atoms with van der Waals surface area (Å²) in [4.78, 5) is 24.9. The van der Waals surface area contributed by atoms with Gasteiger partial charge in [-0.1, -0.05) is 24.3 Å². The lowest BCUT2D eigenvalue weighted by molar-refractivity contribution is -0.131. The number of hydrogen-bond donors (Lipinski definition) is 3. The topological polar surface area (TPSA) is 105 Å². The zero-order valence-corrected chi connectivity index (χ0v) is 22.4. The van der Waals surface area contributed by atoms with E-state index < -0.39 is 24.3 Å². The van der Waals surface area contributed by atoms with Crippen molar-refractivity contribution < 1.29 is 29.3 Å². The van der Waals surface area contributed by atoms with Crippen molar-refractivity contribution in [1.29, 1.82) is 0 Å². The van der Waals surface area contributed by atoms with Crippen LogP contribution in [0.25, 0.3) is 0 Å². The number of carboxylic acids is 1. The number of amides is 1. The molecule has 0 saturated carbocycles. The van der Waals surface area contributed by atoms with Gasteiger partial charge in [0, 0.05) is 25.8 Å². The molecule has 0 spiro atoms. The third kappa shape index (κ3) is 8.49. The summed E-state index contributed by atoms with van der Waals surface area (Å²) in [5.41, 5.74) is 0.950. The maximum absolute atomic E-state index is 13.0. The predicted octanol–water partition coefficient (Wildman–Crippen LogP) is 6.88. The number of halogens is 1. The number of anilines is 1. The molecule has 0 fully saturated rings. The van der Waals surface area contributed by atoms with Crippen LogP contribution in [0.1, 0.15) is 24.5 Å². The summed E-state index contributed by atoms with van der Waals surface area (Å²) >= 11 is 3.71. The zero-order chi connectivity index (χ0) is 25.9. The molecule has 36 heavy (non-hydrogen) atoms. The van der Waals surface area contributed by atoms with Gasteiger partial charge in [-0.3, -0.25) is 5.32 Å². The van der Waals surface area contributed by atoms with Crippen LogP contribution >= 0.6 is 34.4 Å². The van der Waals surface area contributed by atoms with Gasteiger partial charge in [0.05, 0.1) is 0 Å². The van der Waals surface area contributed by atoms with E-state index in [9.17, 15) is 14.7 Å². The second kappa shape index (κ2) is 13.8. The Kier molecular flexibility index (Phi) is 10.5. The smallest absolute Gasteiger partial charge is 0.412 e. The second-order valence-corrected chi connectivity index (χ2v) is 9.80. The number of hydrogen-bond acceptors (Lipinski definition) is 6. The molecule has 3 aromatic rings. The van der Waals surface area contributed by atoms with Crippen molar-refractivity contribution in [3.63, 3.8) is 0 Å². The van der Waals surface area contributed by atoms with Crippen LogP contribution < -0.4 is 10.1 Å². The number of phenols is 1. The Morgan fingerprint density at radius 2 is 1.81 bits per heavy atom. The number of thioether (sulfide) groups is 1. The van der Waals surface area contributed by atoms with Gasteiger partial charge in [-0.05, 0) is 96.3 Å². The standard InChI is InChI=1S/C27H26INO6S/c1-36-21-14-12-19(13-15-21)29-27(33)35-26(22-17-18(28)11-16-23(22)30)24(9-5-6-10-25(31)32)34-20-7-3-2-4-8-20/h2-4,6-8,10-17,24,26,30H,5,9H2,1H3,(H,29,33)(H,31,32)/b10-6+/t24-,26-/m0/s1. The van der Waals surface area contributed by atoms with Gasteiger partial charge >= 0.3 is 12.1 Å². The molecule has 1 amide bonds. The molecule has 0 aliphatic carbocycles. The molecule has 0 aliphatic heterocycles. The van der Waals surface area contributed by atoms with Crippen molar-refractivity contribution in [3.8, 4) is 11.5 Å². The number of carbonyl (C=O) groups excluding carboxylic acids is 1. The summed E-state index contributed by atoms with van der Waals surface area (Å²) in [6.45, 7) is 0. The summed E-state index contributed by atoms with van der Waals surface area (Å²) in [6, 6.07) is 21.4. The zero-order valence-electron chi connectivity index (χ0n) is 19.5. The average Bonchev–Trinajstić information content (AvgIpc) is 2.87. The normalized spacial score (nSPS) is 12.6. The number of benzene rings is 3.